The lowest BCUT2D eigenvalue weighted by atomic mass is 10.1. The predicted octanol–water partition coefficient (Wildman–Crippen LogP) is 4.54. The van der Waals surface area contributed by atoms with Gasteiger partial charge in [0.2, 0.25) is 11.8 Å². The first-order valence-electron chi connectivity index (χ1n) is 9.35. The second-order valence-electron chi connectivity index (χ2n) is 6.70. The summed E-state index contributed by atoms with van der Waals surface area (Å²) in [7, 11) is 0. The van der Waals surface area contributed by atoms with Crippen molar-refractivity contribution in [1.82, 2.24) is 10.2 Å². The van der Waals surface area contributed by atoms with Crippen molar-refractivity contribution in [2.24, 2.45) is 0 Å². The Morgan fingerprint density at radius 2 is 1.68 bits per heavy atom. The van der Waals surface area contributed by atoms with Crippen molar-refractivity contribution in [2.75, 3.05) is 12.3 Å². The van der Waals surface area contributed by atoms with Crippen LogP contribution in [-0.4, -0.2) is 35.1 Å². The third-order valence-electron chi connectivity index (χ3n) is 4.40. The lowest BCUT2D eigenvalue weighted by Crippen LogP contribution is -2.48. The van der Waals surface area contributed by atoms with E-state index in [2.05, 4.69) is 52.4 Å². The molecule has 0 aliphatic carbocycles. The molecule has 2 amide bonds. The maximum atomic E-state index is 12.9. The van der Waals surface area contributed by atoms with Crippen LogP contribution in [0.3, 0.4) is 0 Å². The molecule has 0 spiro atoms. The minimum absolute atomic E-state index is 0.0289. The Hall–Kier alpha value is -1.79. The van der Waals surface area contributed by atoms with E-state index < -0.39 is 6.04 Å². The molecule has 0 aromatic heterocycles. The molecule has 0 radical (unpaired) electrons. The molecule has 0 aliphatic heterocycles. The van der Waals surface area contributed by atoms with Crippen LogP contribution in [0.2, 0.25) is 0 Å². The largest absolute Gasteiger partial charge is 0.355 e. The van der Waals surface area contributed by atoms with E-state index >= 15 is 0 Å². The van der Waals surface area contributed by atoms with Crippen molar-refractivity contribution in [1.29, 1.82) is 0 Å². The van der Waals surface area contributed by atoms with Gasteiger partial charge in [0, 0.05) is 23.3 Å². The Morgan fingerprint density at radius 3 is 2.29 bits per heavy atom. The zero-order valence-corrected chi connectivity index (χ0v) is 19.0. The van der Waals surface area contributed by atoms with Crippen LogP contribution >= 0.6 is 27.7 Å². The van der Waals surface area contributed by atoms with Crippen molar-refractivity contribution >= 4 is 39.5 Å². The van der Waals surface area contributed by atoms with Crippen LogP contribution in [0.4, 0.5) is 0 Å². The van der Waals surface area contributed by atoms with Gasteiger partial charge in [0.25, 0.3) is 0 Å². The topological polar surface area (TPSA) is 49.4 Å². The quantitative estimate of drug-likeness (QED) is 0.594. The highest BCUT2D eigenvalue weighted by Crippen LogP contribution is 2.17. The summed E-state index contributed by atoms with van der Waals surface area (Å²) in [6.07, 6.45) is 0. The third kappa shape index (κ3) is 6.99. The van der Waals surface area contributed by atoms with Crippen LogP contribution in [0.1, 0.15) is 30.5 Å². The van der Waals surface area contributed by atoms with Gasteiger partial charge in [-0.25, -0.2) is 0 Å². The van der Waals surface area contributed by atoms with E-state index in [1.54, 1.807) is 23.6 Å². The first-order valence-corrected chi connectivity index (χ1v) is 11.3. The van der Waals surface area contributed by atoms with Crippen LogP contribution in [0.5, 0.6) is 0 Å². The zero-order valence-electron chi connectivity index (χ0n) is 16.6. The van der Waals surface area contributed by atoms with Crippen molar-refractivity contribution in [2.45, 2.75) is 39.1 Å². The highest BCUT2D eigenvalue weighted by Gasteiger charge is 2.25. The monoisotopic (exact) mass is 462 g/mol. The van der Waals surface area contributed by atoms with Gasteiger partial charge in [0.05, 0.1) is 5.75 Å². The predicted molar refractivity (Wildman–Crippen MR) is 120 cm³/mol. The second-order valence-corrected chi connectivity index (χ2v) is 8.60. The summed E-state index contributed by atoms with van der Waals surface area (Å²) in [5, 5.41) is 2.82. The van der Waals surface area contributed by atoms with Gasteiger partial charge in [-0.15, -0.1) is 11.8 Å². The third-order valence-corrected chi connectivity index (χ3v) is 5.92. The molecule has 4 nitrogen and oxygen atoms in total. The Labute approximate surface area is 180 Å². The SMILES string of the molecule is CCNC(=O)[C@H](C)N(Cc1ccc(Br)cc1)C(=O)CSCc1ccc(C)cc1. The van der Waals surface area contributed by atoms with Crippen molar-refractivity contribution in [3.63, 3.8) is 0 Å². The van der Waals surface area contributed by atoms with Gasteiger partial charge in [-0.2, -0.15) is 0 Å². The number of amides is 2. The van der Waals surface area contributed by atoms with Crippen LogP contribution in [0, 0.1) is 6.92 Å². The van der Waals surface area contributed by atoms with Crippen molar-refractivity contribution < 1.29 is 9.59 Å². The van der Waals surface area contributed by atoms with Crippen LogP contribution in [0.15, 0.2) is 53.0 Å². The molecule has 0 unspecified atom stereocenters. The van der Waals surface area contributed by atoms with E-state index in [0.29, 0.717) is 18.8 Å². The first kappa shape index (κ1) is 22.5. The summed E-state index contributed by atoms with van der Waals surface area (Å²) in [5.41, 5.74) is 3.41. The number of thioether (sulfide) groups is 1. The Morgan fingerprint density at radius 1 is 1.07 bits per heavy atom. The van der Waals surface area contributed by atoms with E-state index in [1.807, 2.05) is 31.2 Å². The maximum Gasteiger partial charge on any atom is 0.242 e. The molecule has 2 aromatic carbocycles. The van der Waals surface area contributed by atoms with Crippen LogP contribution in [0.25, 0.3) is 0 Å². The molecular weight excluding hydrogens is 436 g/mol. The molecule has 0 saturated heterocycles. The summed E-state index contributed by atoms with van der Waals surface area (Å²) >= 11 is 5.00. The van der Waals surface area contributed by atoms with Crippen molar-refractivity contribution in [3.8, 4) is 0 Å². The molecule has 2 rings (SSSR count). The number of likely N-dealkylation sites (N-methyl/N-ethyl adjacent to an activating group) is 1. The molecule has 0 saturated carbocycles. The number of aryl methyl sites for hydroxylation is 1. The number of nitrogens with one attached hydrogen (secondary N) is 1. The minimum Gasteiger partial charge on any atom is -0.355 e. The Balaban J connectivity index is 2.03. The highest BCUT2D eigenvalue weighted by molar-refractivity contribution is 9.10. The molecule has 6 heteroatoms. The number of rotatable bonds is 9. The van der Waals surface area contributed by atoms with E-state index in [1.165, 1.54) is 11.1 Å². The summed E-state index contributed by atoms with van der Waals surface area (Å²) in [5.74, 6) is 0.956. The smallest absolute Gasteiger partial charge is 0.242 e. The molecule has 2 aromatic rings. The van der Waals surface area contributed by atoms with Crippen molar-refractivity contribution in [3.05, 3.63) is 69.7 Å². The van der Waals surface area contributed by atoms with Crippen LogP contribution < -0.4 is 5.32 Å². The number of carbonyl (C=O) groups excluding carboxylic acids is 2. The molecule has 0 aliphatic rings. The molecule has 28 heavy (non-hydrogen) atoms. The number of benzene rings is 2. The van der Waals surface area contributed by atoms with Crippen LogP contribution in [-0.2, 0) is 21.9 Å². The van der Waals surface area contributed by atoms with Gasteiger partial charge in [-0.1, -0.05) is 57.9 Å². The first-order chi connectivity index (χ1) is 13.4. The number of hydrogen-bond donors (Lipinski definition) is 1. The van der Waals surface area contributed by atoms with Gasteiger partial charge >= 0.3 is 0 Å². The average Bonchev–Trinajstić information content (AvgIpc) is 2.68. The standard InChI is InChI=1S/C22H27BrN2O2S/c1-4-24-22(27)17(3)25(13-18-9-11-20(23)12-10-18)21(26)15-28-14-19-7-5-16(2)6-8-19/h5-12,17H,4,13-15H2,1-3H3,(H,24,27)/t17-/m0/s1. The van der Waals surface area contributed by atoms with E-state index in [-0.39, 0.29) is 11.8 Å². The highest BCUT2D eigenvalue weighted by atomic mass is 79.9. The molecular formula is C22H27BrN2O2S. The van der Waals surface area contributed by atoms with Gasteiger partial charge in [0.1, 0.15) is 6.04 Å². The number of nitrogens with zero attached hydrogens (tertiary/aromatic N) is 1. The average molecular weight is 463 g/mol. The van der Waals surface area contributed by atoms with E-state index in [9.17, 15) is 9.59 Å². The van der Waals surface area contributed by atoms with E-state index in [4.69, 9.17) is 0 Å². The summed E-state index contributed by atoms with van der Waals surface area (Å²) in [6, 6.07) is 15.6. The number of carbonyl (C=O) groups is 2. The minimum atomic E-state index is -0.518. The molecule has 0 fully saturated rings. The molecule has 0 heterocycles. The van der Waals surface area contributed by atoms with Gasteiger partial charge in [-0.05, 0) is 44.0 Å². The fraction of sp³-hybridized carbons (Fsp3) is 0.364. The molecule has 1 N–H and O–H groups in total. The fourth-order valence-electron chi connectivity index (χ4n) is 2.71. The van der Waals surface area contributed by atoms with Gasteiger partial charge in [0.15, 0.2) is 0 Å². The summed E-state index contributed by atoms with van der Waals surface area (Å²) < 4.78 is 0.986. The molecule has 0 bridgehead atoms. The lowest BCUT2D eigenvalue weighted by Gasteiger charge is -2.28. The second kappa shape index (κ2) is 11.3. The number of hydrogen-bond acceptors (Lipinski definition) is 3. The fourth-order valence-corrected chi connectivity index (χ4v) is 3.85. The summed E-state index contributed by atoms with van der Waals surface area (Å²) in [6.45, 7) is 6.68. The van der Waals surface area contributed by atoms with Gasteiger partial charge in [-0.3, -0.25) is 9.59 Å². The maximum absolute atomic E-state index is 12.9. The van der Waals surface area contributed by atoms with E-state index in [0.717, 1.165) is 15.8 Å². The van der Waals surface area contributed by atoms with Gasteiger partial charge < -0.3 is 10.2 Å². The Kier molecular flexibility index (Phi) is 9.06. The lowest BCUT2D eigenvalue weighted by molar-refractivity contribution is -0.138. The normalized spacial score (nSPS) is 11.7. The Bertz CT molecular complexity index is 778. The molecule has 1 atom stereocenters. The summed E-state index contributed by atoms with van der Waals surface area (Å²) in [4.78, 5) is 26.9. The number of halogens is 1. The zero-order chi connectivity index (χ0) is 20.5. The molecule has 150 valence electrons.